The number of carbonyl (C=O) groups excluding carboxylic acids is 1. The van der Waals surface area contributed by atoms with Gasteiger partial charge in [0.05, 0.1) is 29.6 Å². The quantitative estimate of drug-likeness (QED) is 0.0941. The highest BCUT2D eigenvalue weighted by Crippen LogP contribution is 2.32. The molecule has 1 saturated heterocycles. The number of pyridine rings is 1. The Morgan fingerprint density at radius 2 is 1.70 bits per heavy atom. The molecule has 0 atom stereocenters. The van der Waals surface area contributed by atoms with Gasteiger partial charge in [0, 0.05) is 72.9 Å². The molecular formula is C41H40F5N3O3S. The van der Waals surface area contributed by atoms with Crippen molar-refractivity contribution in [2.24, 2.45) is 0 Å². The minimum Gasteiger partial charge on any atom is -0.383 e. The third-order valence-corrected chi connectivity index (χ3v) is 9.17. The predicted octanol–water partition coefficient (Wildman–Crippen LogP) is 8.71. The third-order valence-electron chi connectivity index (χ3n) is 8.12. The van der Waals surface area contributed by atoms with Crippen LogP contribution in [0.5, 0.6) is 0 Å². The van der Waals surface area contributed by atoms with Crippen molar-refractivity contribution in [2.45, 2.75) is 55.7 Å². The van der Waals surface area contributed by atoms with Crippen LogP contribution in [0.3, 0.4) is 0 Å². The first-order valence-corrected chi connectivity index (χ1v) is 17.0. The Labute approximate surface area is 327 Å². The van der Waals surface area contributed by atoms with Crippen LogP contribution in [0.25, 0.3) is 22.0 Å². The highest BCUT2D eigenvalue weighted by molar-refractivity contribution is 7.98. The molecule has 1 aliphatic heterocycles. The number of hydrogen-bond donors (Lipinski definition) is 0. The van der Waals surface area contributed by atoms with Gasteiger partial charge in [-0.1, -0.05) is 54.6 Å². The topological polar surface area (TPSA) is 54.8 Å². The normalized spacial score (nSPS) is 22.1. The Hall–Kier alpha value is -4.52. The molecule has 0 unspecified atom stereocenters. The van der Waals surface area contributed by atoms with Crippen molar-refractivity contribution in [2.75, 3.05) is 33.3 Å². The summed E-state index contributed by atoms with van der Waals surface area (Å²) in [5.41, 5.74) is -2.46. The first-order chi connectivity index (χ1) is 30.5. The SMILES string of the molecule is [2H]c1c(C)c([2H])c2c(c1[2H])c(=O)c([2H])c(SCc1cccc(F)c1F)n2CC(=O)N(Cc1ccc(-c2ccc(C(F)(F)F)cc2)cc1)C1([2H])C([2H])([2H])C([2H])([2H])N(CCOC)C([2H])([2H])C1([2H])[2H]. The fourth-order valence-electron chi connectivity index (χ4n) is 5.33. The number of methoxy groups -OCH3 is 1. The van der Waals surface area contributed by atoms with Crippen LogP contribution in [0, 0.1) is 18.6 Å². The summed E-state index contributed by atoms with van der Waals surface area (Å²) in [5, 5.41) is -1.19. The van der Waals surface area contributed by atoms with Crippen LogP contribution in [0.2, 0.25) is 0 Å². The lowest BCUT2D eigenvalue weighted by Gasteiger charge is -2.39. The number of nitrogens with zero attached hydrogens (tertiary/aromatic N) is 3. The molecule has 5 aromatic rings. The number of thioether (sulfide) groups is 1. The second-order valence-electron chi connectivity index (χ2n) is 11.8. The molecule has 0 radical (unpaired) electrons. The molecule has 4 aromatic carbocycles. The summed E-state index contributed by atoms with van der Waals surface area (Å²) in [4.78, 5) is 29.6. The van der Waals surface area contributed by atoms with Crippen LogP contribution in [0.4, 0.5) is 22.0 Å². The summed E-state index contributed by atoms with van der Waals surface area (Å²) in [6, 6.07) is 5.90. The lowest BCUT2D eigenvalue weighted by Crippen LogP contribution is -2.48. The molecule has 2 heterocycles. The molecule has 0 N–H and O–H groups in total. The number of amides is 1. The van der Waals surface area contributed by atoms with Gasteiger partial charge < -0.3 is 19.1 Å². The van der Waals surface area contributed by atoms with E-state index in [1.807, 2.05) is 0 Å². The molecule has 278 valence electrons. The van der Waals surface area contributed by atoms with Crippen molar-refractivity contribution in [3.8, 4) is 11.1 Å². The molecule has 0 saturated carbocycles. The van der Waals surface area contributed by atoms with Crippen molar-refractivity contribution >= 4 is 28.6 Å². The molecule has 6 rings (SSSR count). The number of fused-ring (bicyclic) bond motifs is 1. The second-order valence-corrected chi connectivity index (χ2v) is 12.8. The second kappa shape index (κ2) is 16.7. The molecule has 0 bridgehead atoms. The molecule has 0 spiro atoms. The van der Waals surface area contributed by atoms with Gasteiger partial charge in [-0.25, -0.2) is 8.78 Å². The van der Waals surface area contributed by atoms with Crippen LogP contribution in [-0.2, 0) is 34.6 Å². The van der Waals surface area contributed by atoms with Crippen LogP contribution >= 0.6 is 11.8 Å². The van der Waals surface area contributed by atoms with E-state index < -0.39 is 139 Å². The molecule has 6 nitrogen and oxygen atoms in total. The highest BCUT2D eigenvalue weighted by atomic mass is 32.2. The van der Waals surface area contributed by atoms with E-state index in [0.29, 0.717) is 22.9 Å². The van der Waals surface area contributed by atoms with Gasteiger partial charge in [-0.15, -0.1) is 11.8 Å². The van der Waals surface area contributed by atoms with Gasteiger partial charge in [0.25, 0.3) is 0 Å². The first kappa shape index (κ1) is 24.7. The zero-order valence-electron chi connectivity index (χ0n) is 41.3. The van der Waals surface area contributed by atoms with Crippen LogP contribution in [-0.4, -0.2) is 59.5 Å². The van der Waals surface area contributed by atoms with E-state index in [2.05, 4.69) is 0 Å². The monoisotopic (exact) mass is 762 g/mol. The Balaban J connectivity index is 1.58. The van der Waals surface area contributed by atoms with Gasteiger partial charge in [-0.05, 0) is 72.2 Å². The minimum atomic E-state index is -4.62. The smallest absolute Gasteiger partial charge is 0.383 e. The summed E-state index contributed by atoms with van der Waals surface area (Å²) in [5.74, 6) is -4.52. The van der Waals surface area contributed by atoms with Crippen molar-refractivity contribution in [1.82, 2.24) is 14.4 Å². The van der Waals surface area contributed by atoms with Crippen LogP contribution < -0.4 is 5.43 Å². The van der Waals surface area contributed by atoms with Crippen LogP contribution in [0.15, 0.2) is 101 Å². The first-order valence-electron chi connectivity index (χ1n) is 22.5. The standard InChI is InChI=1S/C41H40F5N3O3S/c1-27-6-15-34-36(22-27)49(39(23-37(34)50)53-26-31-4-3-5-35(42)40(31)43)25-38(51)48(33-16-18-47(19-17-33)20-21-52-2)24-28-7-9-29(10-8-28)30-11-13-32(14-12-30)41(44,45)46/h3-15,22-23,33H,16-21,24-26H2,1-2H3/i6D,15D,16D2,17D2,18D2,19D2,22D,23D,33D. The van der Waals surface area contributed by atoms with Gasteiger partial charge in [0.2, 0.25) is 5.91 Å². The minimum absolute atomic E-state index is 0.00777. The average Bonchev–Trinajstić information content (AvgIpc) is 3.25. The number of aromatic nitrogens is 1. The molecule has 53 heavy (non-hydrogen) atoms. The van der Waals surface area contributed by atoms with E-state index in [1.54, 1.807) is 0 Å². The van der Waals surface area contributed by atoms with Crippen molar-refractivity contribution < 1.29 is 49.3 Å². The third kappa shape index (κ3) is 9.17. The molecule has 1 fully saturated rings. The zero-order valence-corrected chi connectivity index (χ0v) is 29.1. The fraction of sp³-hybridized carbons (Fsp3) is 0.317. The maximum Gasteiger partial charge on any atom is 0.416 e. The molecule has 1 amide bonds. The predicted molar refractivity (Wildman–Crippen MR) is 198 cm³/mol. The Bertz CT molecular complexity index is 2730. The molecular weight excluding hydrogens is 710 g/mol. The summed E-state index contributed by atoms with van der Waals surface area (Å²) in [6.45, 7) is -9.30. The van der Waals surface area contributed by atoms with Crippen molar-refractivity contribution in [1.29, 1.82) is 0 Å². The average molecular weight is 763 g/mol. The number of halogens is 5. The van der Waals surface area contributed by atoms with Gasteiger partial charge >= 0.3 is 6.18 Å². The van der Waals surface area contributed by atoms with Crippen LogP contribution in [0.1, 0.15) is 52.8 Å². The summed E-state index contributed by atoms with van der Waals surface area (Å²) < 4.78 is 192. The van der Waals surface area contributed by atoms with E-state index in [4.69, 9.17) is 15.7 Å². The fourth-order valence-corrected chi connectivity index (χ4v) is 6.32. The summed E-state index contributed by atoms with van der Waals surface area (Å²) in [6.07, 6.45) is -12.3. The van der Waals surface area contributed by atoms with Crippen molar-refractivity contribution in [3.63, 3.8) is 0 Å². The summed E-state index contributed by atoms with van der Waals surface area (Å²) in [7, 11) is 1.18. The van der Waals surface area contributed by atoms with E-state index in [-0.39, 0.29) is 26.5 Å². The Kier molecular flexibility index (Phi) is 7.77. The lowest BCUT2D eigenvalue weighted by atomic mass is 10.00. The van der Waals surface area contributed by atoms with Crippen molar-refractivity contribution in [3.05, 3.63) is 135 Å². The van der Waals surface area contributed by atoms with E-state index >= 15 is 4.79 Å². The summed E-state index contributed by atoms with van der Waals surface area (Å²) >= 11 is 0.515. The highest BCUT2D eigenvalue weighted by Gasteiger charge is 2.31. The molecule has 1 aromatic heterocycles. The number of rotatable bonds is 12. The largest absolute Gasteiger partial charge is 0.416 e. The molecule has 12 heteroatoms. The van der Waals surface area contributed by atoms with E-state index in [9.17, 15) is 33.6 Å². The maximum absolute atomic E-state index is 15.3. The molecule has 0 aliphatic carbocycles. The number of alkyl halides is 3. The zero-order chi connectivity index (χ0) is 49.3. The number of benzene rings is 4. The van der Waals surface area contributed by atoms with Gasteiger partial charge in [0.15, 0.2) is 17.1 Å². The molecule has 1 aliphatic rings. The Morgan fingerprint density at radius 1 is 1.02 bits per heavy atom. The lowest BCUT2D eigenvalue weighted by molar-refractivity contribution is -0.137. The Morgan fingerprint density at radius 3 is 2.36 bits per heavy atom. The number of ether oxygens (including phenoxy) is 1. The number of piperidine rings is 1. The van der Waals surface area contributed by atoms with E-state index in [0.717, 1.165) is 22.8 Å². The number of likely N-dealkylation sites (tertiary alicyclic amines) is 1. The van der Waals surface area contributed by atoms with Gasteiger partial charge in [-0.2, -0.15) is 13.2 Å². The van der Waals surface area contributed by atoms with E-state index in [1.165, 1.54) is 62.6 Å². The maximum atomic E-state index is 15.3. The number of carbonyl (C=O) groups is 1. The van der Waals surface area contributed by atoms with Gasteiger partial charge in [-0.3, -0.25) is 9.59 Å². The number of hydrogen-bond acceptors (Lipinski definition) is 5. The van der Waals surface area contributed by atoms with Gasteiger partial charge in [0.1, 0.15) is 6.54 Å².